The van der Waals surface area contributed by atoms with Gasteiger partial charge < -0.3 is 10.2 Å². The number of rotatable bonds is 6. The van der Waals surface area contributed by atoms with Crippen molar-refractivity contribution in [3.8, 4) is 0 Å². The van der Waals surface area contributed by atoms with Gasteiger partial charge in [-0.15, -0.1) is 0 Å². The molecule has 1 aromatic carbocycles. The number of hydrogen-bond donors (Lipinski definition) is 1. The maximum absolute atomic E-state index is 12.8. The van der Waals surface area contributed by atoms with Crippen LogP contribution in [0.2, 0.25) is 0 Å². The molecule has 0 saturated carbocycles. The summed E-state index contributed by atoms with van der Waals surface area (Å²) in [7, 11) is 1.76. The van der Waals surface area contributed by atoms with E-state index < -0.39 is 6.04 Å². The number of piperazine rings is 1. The van der Waals surface area contributed by atoms with Gasteiger partial charge in [-0.05, 0) is 24.1 Å². The Bertz CT molecular complexity index is 794. The Morgan fingerprint density at radius 3 is 2.78 bits per heavy atom. The third-order valence-corrected chi connectivity index (χ3v) is 4.97. The fraction of sp³-hybridized carbons (Fsp3) is 0.381. The molecule has 1 aromatic heterocycles. The molecule has 0 bridgehead atoms. The van der Waals surface area contributed by atoms with Gasteiger partial charge in [-0.3, -0.25) is 19.5 Å². The SMILES string of the molecule is Cc1cccnc1CN(C)C(=O)CC1C(=O)NCCN1Cc1ccccc1. The highest BCUT2D eigenvalue weighted by Gasteiger charge is 2.32. The van der Waals surface area contributed by atoms with Crippen LogP contribution in [0.5, 0.6) is 0 Å². The molecule has 6 nitrogen and oxygen atoms in total. The van der Waals surface area contributed by atoms with Crippen molar-refractivity contribution in [1.82, 2.24) is 20.1 Å². The first-order chi connectivity index (χ1) is 13.0. The fourth-order valence-corrected chi connectivity index (χ4v) is 3.31. The highest BCUT2D eigenvalue weighted by Crippen LogP contribution is 2.16. The molecule has 2 amide bonds. The summed E-state index contributed by atoms with van der Waals surface area (Å²) >= 11 is 0. The number of benzene rings is 1. The minimum absolute atomic E-state index is 0.0554. The Labute approximate surface area is 160 Å². The van der Waals surface area contributed by atoms with Gasteiger partial charge in [-0.1, -0.05) is 36.4 Å². The van der Waals surface area contributed by atoms with Crippen LogP contribution in [0.1, 0.15) is 23.2 Å². The van der Waals surface area contributed by atoms with Crippen LogP contribution in [0.15, 0.2) is 48.7 Å². The summed E-state index contributed by atoms with van der Waals surface area (Å²) in [6, 6.07) is 13.5. The summed E-state index contributed by atoms with van der Waals surface area (Å²) in [5.74, 6) is -0.131. The Morgan fingerprint density at radius 2 is 2.04 bits per heavy atom. The van der Waals surface area contributed by atoms with E-state index >= 15 is 0 Å². The molecule has 2 aromatic rings. The zero-order valence-corrected chi connectivity index (χ0v) is 15.9. The predicted octanol–water partition coefficient (Wildman–Crippen LogP) is 1.74. The van der Waals surface area contributed by atoms with E-state index in [0.29, 0.717) is 19.6 Å². The molecule has 0 spiro atoms. The van der Waals surface area contributed by atoms with Crippen molar-refractivity contribution >= 4 is 11.8 Å². The minimum atomic E-state index is -0.446. The molecule has 6 heteroatoms. The van der Waals surface area contributed by atoms with Crippen molar-refractivity contribution in [1.29, 1.82) is 0 Å². The van der Waals surface area contributed by atoms with Crippen molar-refractivity contribution in [2.45, 2.75) is 32.5 Å². The number of carbonyl (C=O) groups is 2. The van der Waals surface area contributed by atoms with Gasteiger partial charge in [0.15, 0.2) is 0 Å². The molecular weight excluding hydrogens is 340 g/mol. The summed E-state index contributed by atoms with van der Waals surface area (Å²) in [5, 5.41) is 2.89. The van der Waals surface area contributed by atoms with Crippen molar-refractivity contribution in [3.05, 3.63) is 65.5 Å². The first-order valence-electron chi connectivity index (χ1n) is 9.24. The van der Waals surface area contributed by atoms with Gasteiger partial charge >= 0.3 is 0 Å². The van der Waals surface area contributed by atoms with Crippen molar-refractivity contribution in [2.75, 3.05) is 20.1 Å². The topological polar surface area (TPSA) is 65.5 Å². The number of nitrogens with zero attached hydrogens (tertiary/aromatic N) is 3. The van der Waals surface area contributed by atoms with E-state index in [-0.39, 0.29) is 18.2 Å². The first-order valence-corrected chi connectivity index (χ1v) is 9.24. The molecule has 1 aliphatic heterocycles. The molecule has 27 heavy (non-hydrogen) atoms. The Balaban J connectivity index is 1.65. The van der Waals surface area contributed by atoms with E-state index in [1.807, 2.05) is 49.4 Å². The van der Waals surface area contributed by atoms with E-state index in [1.54, 1.807) is 18.1 Å². The van der Waals surface area contributed by atoms with Crippen LogP contribution < -0.4 is 5.32 Å². The Kier molecular flexibility index (Phi) is 6.19. The van der Waals surface area contributed by atoms with Crippen LogP contribution in [0.4, 0.5) is 0 Å². The Hall–Kier alpha value is -2.73. The zero-order chi connectivity index (χ0) is 19.2. The Morgan fingerprint density at radius 1 is 1.26 bits per heavy atom. The van der Waals surface area contributed by atoms with Gasteiger partial charge in [0.2, 0.25) is 11.8 Å². The predicted molar refractivity (Wildman–Crippen MR) is 104 cm³/mol. The third-order valence-electron chi connectivity index (χ3n) is 4.97. The van der Waals surface area contributed by atoms with E-state index in [1.165, 1.54) is 0 Å². The summed E-state index contributed by atoms with van der Waals surface area (Å²) in [5.41, 5.74) is 3.07. The third kappa shape index (κ3) is 4.92. The van der Waals surface area contributed by atoms with E-state index in [0.717, 1.165) is 23.4 Å². The van der Waals surface area contributed by atoms with Crippen LogP contribution in [0.25, 0.3) is 0 Å². The molecule has 0 radical (unpaired) electrons. The molecule has 1 aliphatic rings. The zero-order valence-electron chi connectivity index (χ0n) is 15.9. The highest BCUT2D eigenvalue weighted by atomic mass is 16.2. The fourth-order valence-electron chi connectivity index (χ4n) is 3.31. The van der Waals surface area contributed by atoms with Crippen molar-refractivity contribution in [3.63, 3.8) is 0 Å². The summed E-state index contributed by atoms with van der Waals surface area (Å²) in [4.78, 5) is 33.3. The smallest absolute Gasteiger partial charge is 0.237 e. The average Bonchev–Trinajstić information content (AvgIpc) is 2.67. The molecule has 1 fully saturated rings. The maximum atomic E-state index is 12.8. The highest BCUT2D eigenvalue weighted by molar-refractivity contribution is 5.88. The van der Waals surface area contributed by atoms with Gasteiger partial charge in [0.05, 0.1) is 24.7 Å². The lowest BCUT2D eigenvalue weighted by atomic mass is 10.1. The second-order valence-electron chi connectivity index (χ2n) is 6.98. The first kappa shape index (κ1) is 19.0. The van der Waals surface area contributed by atoms with Gasteiger partial charge in [0, 0.05) is 32.9 Å². The molecular formula is C21H26N4O2. The largest absolute Gasteiger partial charge is 0.353 e. The molecule has 142 valence electrons. The van der Waals surface area contributed by atoms with Gasteiger partial charge in [-0.2, -0.15) is 0 Å². The summed E-state index contributed by atoms with van der Waals surface area (Å²) in [6.45, 7) is 4.44. The lowest BCUT2D eigenvalue weighted by molar-refractivity contribution is -0.138. The molecule has 0 aliphatic carbocycles. The van der Waals surface area contributed by atoms with E-state index in [4.69, 9.17) is 0 Å². The molecule has 3 rings (SSSR count). The van der Waals surface area contributed by atoms with E-state index in [2.05, 4.69) is 15.2 Å². The van der Waals surface area contributed by atoms with Crippen LogP contribution in [0, 0.1) is 6.92 Å². The number of nitrogens with one attached hydrogen (secondary N) is 1. The van der Waals surface area contributed by atoms with Crippen molar-refractivity contribution < 1.29 is 9.59 Å². The monoisotopic (exact) mass is 366 g/mol. The molecule has 1 atom stereocenters. The van der Waals surface area contributed by atoms with Crippen LogP contribution in [-0.2, 0) is 22.7 Å². The van der Waals surface area contributed by atoms with Crippen LogP contribution in [-0.4, -0.2) is 52.8 Å². The maximum Gasteiger partial charge on any atom is 0.237 e. The molecule has 1 saturated heterocycles. The number of amides is 2. The number of carbonyl (C=O) groups excluding carboxylic acids is 2. The standard InChI is InChI=1S/C21H26N4O2/c1-16-7-6-10-22-18(16)15-24(2)20(26)13-19-21(27)23-11-12-25(19)14-17-8-4-3-5-9-17/h3-10,19H,11-15H2,1-2H3,(H,23,27). The number of aryl methyl sites for hydroxylation is 1. The quantitative estimate of drug-likeness (QED) is 0.846. The number of hydrogen-bond acceptors (Lipinski definition) is 4. The van der Waals surface area contributed by atoms with Gasteiger partial charge in [-0.25, -0.2) is 0 Å². The van der Waals surface area contributed by atoms with Gasteiger partial charge in [0.1, 0.15) is 0 Å². The van der Waals surface area contributed by atoms with Gasteiger partial charge in [0.25, 0.3) is 0 Å². The lowest BCUT2D eigenvalue weighted by Crippen LogP contribution is -2.56. The molecule has 1 unspecified atom stereocenters. The molecule has 2 heterocycles. The lowest BCUT2D eigenvalue weighted by Gasteiger charge is -2.35. The van der Waals surface area contributed by atoms with Crippen LogP contribution >= 0.6 is 0 Å². The van der Waals surface area contributed by atoms with E-state index in [9.17, 15) is 9.59 Å². The summed E-state index contributed by atoms with van der Waals surface area (Å²) in [6.07, 6.45) is 1.90. The second-order valence-corrected chi connectivity index (χ2v) is 6.98. The van der Waals surface area contributed by atoms with Crippen molar-refractivity contribution in [2.24, 2.45) is 0 Å². The molecule has 1 N–H and O–H groups in total. The van der Waals surface area contributed by atoms with Crippen LogP contribution in [0.3, 0.4) is 0 Å². The second kappa shape index (κ2) is 8.77. The minimum Gasteiger partial charge on any atom is -0.353 e. The average molecular weight is 366 g/mol. The number of pyridine rings is 1. The number of aromatic nitrogens is 1. The normalized spacial score (nSPS) is 17.4. The summed E-state index contributed by atoms with van der Waals surface area (Å²) < 4.78 is 0.